The van der Waals surface area contributed by atoms with Gasteiger partial charge in [-0.3, -0.25) is 0 Å². The minimum atomic E-state index is -2.00. The molecule has 4 rings (SSSR count). The first-order valence-corrected chi connectivity index (χ1v) is 26.4. The lowest BCUT2D eigenvalue weighted by molar-refractivity contribution is -0.142. The van der Waals surface area contributed by atoms with Crippen molar-refractivity contribution >= 4 is 36.4 Å². The zero-order valence-corrected chi connectivity index (χ0v) is 32.0. The third-order valence-corrected chi connectivity index (χ3v) is 13.5. The Morgan fingerprint density at radius 3 is 2.14 bits per heavy atom. The lowest BCUT2D eigenvalue weighted by Crippen LogP contribution is -2.65. The van der Waals surface area contributed by atoms with Crippen LogP contribution < -0.4 is 0 Å². The molecule has 0 radical (unpaired) electrons. The van der Waals surface area contributed by atoms with Gasteiger partial charge in [-0.25, -0.2) is 0 Å². The Morgan fingerprint density at radius 2 is 1.57 bits per heavy atom. The van der Waals surface area contributed by atoms with Crippen LogP contribution in [0.5, 0.6) is 0 Å². The van der Waals surface area contributed by atoms with E-state index >= 15 is 0 Å². The van der Waals surface area contributed by atoms with Crippen molar-refractivity contribution < 1.29 is 23.0 Å². The molecule has 10 heteroatoms. The first-order valence-electron chi connectivity index (χ1n) is 16.2. The molecule has 0 aliphatic heterocycles. The summed E-state index contributed by atoms with van der Waals surface area (Å²) in [6, 6.07) is 0. The van der Waals surface area contributed by atoms with E-state index in [2.05, 4.69) is 84.0 Å². The molecule has 0 N–H and O–H groups in total. The van der Waals surface area contributed by atoms with Crippen LogP contribution in [0.2, 0.25) is 58.9 Å². The average Bonchev–Trinajstić information content (AvgIpc) is 3.11. The van der Waals surface area contributed by atoms with Crippen LogP contribution in [0.4, 0.5) is 0 Å². The molecule has 0 spiro atoms. The molecule has 0 saturated heterocycles. The number of rotatable bonds is 10. The molecule has 0 aromatic rings. The van der Waals surface area contributed by atoms with Crippen LogP contribution in [0.1, 0.15) is 58.8 Å². The van der Waals surface area contributed by atoms with Crippen LogP contribution in [0.3, 0.4) is 0 Å². The minimum absolute atomic E-state index is 0.108. The SMILES string of the molecule is CO/N=C(/CO[Si](C)(C)C)C1(O[Si](C)(C)C)CCC2C3CCC4=C/C(=N/OC)CCC4(C)C3C(O[Si](C)(C)C)CC21C. The van der Waals surface area contributed by atoms with Gasteiger partial charge in [-0.15, -0.1) is 0 Å². The molecular formula is C32H60N2O5Si3. The summed E-state index contributed by atoms with van der Waals surface area (Å²) in [7, 11) is -2.34. The second-order valence-electron chi connectivity index (χ2n) is 16.8. The summed E-state index contributed by atoms with van der Waals surface area (Å²) in [5, 5.41) is 9.10. The molecule has 0 aromatic heterocycles. The van der Waals surface area contributed by atoms with Crippen LogP contribution in [-0.2, 0) is 23.0 Å². The Morgan fingerprint density at radius 1 is 0.881 bits per heavy atom. The molecule has 0 aromatic carbocycles. The first kappa shape index (κ1) is 34.1. The number of nitrogens with zero attached hydrogens (tertiary/aromatic N) is 2. The van der Waals surface area contributed by atoms with Gasteiger partial charge in [-0.2, -0.15) is 0 Å². The lowest BCUT2D eigenvalue weighted by Gasteiger charge is -2.63. The van der Waals surface area contributed by atoms with E-state index in [0.29, 0.717) is 24.4 Å². The number of oxime groups is 2. The van der Waals surface area contributed by atoms with Crippen LogP contribution in [0, 0.1) is 28.6 Å². The van der Waals surface area contributed by atoms with E-state index in [0.717, 1.165) is 49.9 Å². The third-order valence-electron chi connectivity index (χ3n) is 10.5. The summed E-state index contributed by atoms with van der Waals surface area (Å²) >= 11 is 0. The number of allylic oxidation sites excluding steroid dienone is 2. The van der Waals surface area contributed by atoms with Gasteiger partial charge in [0, 0.05) is 11.5 Å². The Hall–Kier alpha value is -0.789. The summed E-state index contributed by atoms with van der Waals surface area (Å²) in [4.78, 5) is 10.8. The van der Waals surface area contributed by atoms with Gasteiger partial charge in [-0.05, 0) is 133 Å². The van der Waals surface area contributed by atoms with Gasteiger partial charge in [-0.1, -0.05) is 29.7 Å². The fourth-order valence-corrected chi connectivity index (χ4v) is 12.4. The van der Waals surface area contributed by atoms with Gasteiger partial charge in [0.05, 0.1) is 12.3 Å². The van der Waals surface area contributed by atoms with E-state index in [1.807, 2.05) is 0 Å². The molecule has 7 unspecified atom stereocenters. The molecule has 0 heterocycles. The van der Waals surface area contributed by atoms with Gasteiger partial charge in [0.2, 0.25) is 0 Å². The van der Waals surface area contributed by atoms with Gasteiger partial charge < -0.3 is 23.0 Å². The average molecular weight is 637 g/mol. The zero-order chi connectivity index (χ0) is 31.4. The highest BCUT2D eigenvalue weighted by atomic mass is 28.4. The molecule has 4 aliphatic carbocycles. The summed E-state index contributed by atoms with van der Waals surface area (Å²) in [6.07, 6.45) is 9.97. The van der Waals surface area contributed by atoms with Crippen LogP contribution in [0.25, 0.3) is 0 Å². The van der Waals surface area contributed by atoms with Crippen molar-refractivity contribution in [3.8, 4) is 0 Å². The fourth-order valence-electron chi connectivity index (χ4n) is 9.24. The van der Waals surface area contributed by atoms with Crippen molar-refractivity contribution in [1.29, 1.82) is 0 Å². The van der Waals surface area contributed by atoms with Gasteiger partial charge in [0.15, 0.2) is 25.0 Å². The second-order valence-corrected chi connectivity index (χ2v) is 30.2. The number of fused-ring (bicyclic) bond motifs is 5. The predicted octanol–water partition coefficient (Wildman–Crippen LogP) is 8.23. The normalized spacial score (nSPS) is 38.5. The maximum Gasteiger partial charge on any atom is 0.185 e. The minimum Gasteiger partial charge on any atom is -0.414 e. The van der Waals surface area contributed by atoms with E-state index in [4.69, 9.17) is 28.1 Å². The maximum atomic E-state index is 7.45. The Kier molecular flexibility index (Phi) is 9.62. The molecule has 7 atom stereocenters. The fraction of sp³-hybridized carbons (Fsp3) is 0.875. The third kappa shape index (κ3) is 6.59. The largest absolute Gasteiger partial charge is 0.414 e. The second kappa shape index (κ2) is 11.9. The highest BCUT2D eigenvalue weighted by Crippen LogP contribution is 2.69. The van der Waals surface area contributed by atoms with Crippen LogP contribution >= 0.6 is 0 Å². The predicted molar refractivity (Wildman–Crippen MR) is 181 cm³/mol. The van der Waals surface area contributed by atoms with Gasteiger partial charge >= 0.3 is 0 Å². The van der Waals surface area contributed by atoms with E-state index in [-0.39, 0.29) is 16.9 Å². The molecular weight excluding hydrogens is 577 g/mol. The number of hydrogen-bond acceptors (Lipinski definition) is 7. The van der Waals surface area contributed by atoms with E-state index in [1.165, 1.54) is 6.42 Å². The first-order chi connectivity index (χ1) is 19.3. The molecule has 0 amide bonds. The van der Waals surface area contributed by atoms with Crippen LogP contribution in [0.15, 0.2) is 22.0 Å². The van der Waals surface area contributed by atoms with Crippen molar-refractivity contribution in [1.82, 2.24) is 0 Å². The van der Waals surface area contributed by atoms with Crippen molar-refractivity contribution in [3.63, 3.8) is 0 Å². The van der Waals surface area contributed by atoms with E-state index in [9.17, 15) is 0 Å². The van der Waals surface area contributed by atoms with Crippen molar-refractivity contribution in [3.05, 3.63) is 11.6 Å². The molecule has 240 valence electrons. The summed E-state index contributed by atoms with van der Waals surface area (Å²) < 4.78 is 21.3. The van der Waals surface area contributed by atoms with Gasteiger partial charge in [0.25, 0.3) is 0 Å². The molecule has 7 nitrogen and oxygen atoms in total. The highest BCUT2D eigenvalue weighted by molar-refractivity contribution is 6.70. The van der Waals surface area contributed by atoms with E-state index in [1.54, 1.807) is 19.8 Å². The van der Waals surface area contributed by atoms with Crippen molar-refractivity contribution in [2.75, 3.05) is 20.8 Å². The monoisotopic (exact) mass is 636 g/mol. The van der Waals surface area contributed by atoms with Crippen molar-refractivity contribution in [2.45, 2.75) is 129 Å². The standard InChI is InChI=1S/C32H60N2O5Si3/c1-30-18-16-24(33-35-3)20-23(30)14-15-25-26-17-19-32(39-42(11,12)13,28(34-36-4)22-37-40(5,6)7)31(26,2)21-27(29(25)30)38-41(8,9)10/h20,25-27,29H,14-19,21-22H2,1-13H3/b33-24+,34-28-. The molecule has 3 fully saturated rings. The summed E-state index contributed by atoms with van der Waals surface area (Å²) in [5.41, 5.74) is 3.03. The summed E-state index contributed by atoms with van der Waals surface area (Å²) in [6.45, 7) is 26.2. The van der Waals surface area contributed by atoms with Crippen LogP contribution in [-0.4, -0.2) is 68.9 Å². The highest BCUT2D eigenvalue weighted by Gasteiger charge is 2.69. The molecule has 42 heavy (non-hydrogen) atoms. The zero-order valence-electron chi connectivity index (χ0n) is 29.0. The number of hydrogen-bond donors (Lipinski definition) is 0. The maximum absolute atomic E-state index is 7.45. The molecule has 3 saturated carbocycles. The summed E-state index contributed by atoms with van der Waals surface area (Å²) in [5.74, 6) is 1.58. The quantitative estimate of drug-likeness (QED) is 0.137. The lowest BCUT2D eigenvalue weighted by atomic mass is 9.45. The topological polar surface area (TPSA) is 70.9 Å². The Bertz CT molecular complexity index is 1090. The molecule has 4 aliphatic rings. The Balaban J connectivity index is 1.85. The van der Waals surface area contributed by atoms with Gasteiger partial charge in [0.1, 0.15) is 25.5 Å². The van der Waals surface area contributed by atoms with Crippen molar-refractivity contribution in [2.24, 2.45) is 38.9 Å². The Labute approximate surface area is 259 Å². The smallest absolute Gasteiger partial charge is 0.185 e. The molecule has 0 bridgehead atoms. The van der Waals surface area contributed by atoms with E-state index < -0.39 is 30.6 Å².